The Bertz CT molecular complexity index is 1250. The van der Waals surface area contributed by atoms with Gasteiger partial charge >= 0.3 is 6.36 Å². The van der Waals surface area contributed by atoms with Crippen molar-refractivity contribution in [1.29, 1.82) is 0 Å². The number of nitrogens with zero attached hydrogens (tertiary/aromatic N) is 1. The molecule has 1 fully saturated rings. The summed E-state index contributed by atoms with van der Waals surface area (Å²) in [6.45, 7) is 5.74. The van der Waals surface area contributed by atoms with Crippen LogP contribution in [0.15, 0.2) is 53.4 Å². The molecule has 0 unspecified atom stereocenters. The maximum atomic E-state index is 13.6. The van der Waals surface area contributed by atoms with Gasteiger partial charge in [0.1, 0.15) is 5.75 Å². The average molecular weight is 586 g/mol. The number of sulfone groups is 1. The van der Waals surface area contributed by atoms with E-state index in [4.69, 9.17) is 4.74 Å². The zero-order valence-electron chi connectivity index (χ0n) is 22.5. The molecule has 0 saturated carbocycles. The normalized spacial score (nSPS) is 15.8. The quantitative estimate of drug-likeness (QED) is 0.415. The summed E-state index contributed by atoms with van der Waals surface area (Å²) in [7, 11) is -3.44. The number of hydrogen-bond acceptors (Lipinski definition) is 7. The van der Waals surface area contributed by atoms with Crippen LogP contribution in [-0.2, 0) is 24.2 Å². The van der Waals surface area contributed by atoms with Crippen molar-refractivity contribution in [3.8, 4) is 5.75 Å². The molecule has 2 aromatic carbocycles. The molecule has 1 aliphatic rings. The van der Waals surface area contributed by atoms with Gasteiger partial charge in [-0.05, 0) is 47.9 Å². The Morgan fingerprint density at radius 2 is 1.62 bits per heavy atom. The number of benzene rings is 2. The second-order valence-corrected chi connectivity index (χ2v) is 11.9. The molecule has 2 aromatic rings. The van der Waals surface area contributed by atoms with Crippen molar-refractivity contribution in [3.05, 3.63) is 54.1 Å². The van der Waals surface area contributed by atoms with E-state index in [1.165, 1.54) is 36.4 Å². The maximum Gasteiger partial charge on any atom is 0.573 e. The second-order valence-electron chi connectivity index (χ2n) is 9.90. The van der Waals surface area contributed by atoms with E-state index in [0.717, 1.165) is 6.26 Å². The van der Waals surface area contributed by atoms with Crippen LogP contribution in [0.3, 0.4) is 0 Å². The zero-order valence-corrected chi connectivity index (χ0v) is 23.3. The lowest BCUT2D eigenvalue weighted by atomic mass is 9.92. The topological polar surface area (TPSA) is 114 Å². The summed E-state index contributed by atoms with van der Waals surface area (Å²) in [5, 5.41) is 6.10. The molecule has 0 bridgehead atoms. The molecule has 0 aliphatic carbocycles. The number of hydrogen-bond donors (Lipinski definition) is 2. The van der Waals surface area contributed by atoms with Crippen LogP contribution in [0.25, 0.3) is 0 Å². The Hall–Kier alpha value is -3.32. The first-order valence-corrected chi connectivity index (χ1v) is 14.7. The van der Waals surface area contributed by atoms with E-state index in [0.29, 0.717) is 37.6 Å². The van der Waals surface area contributed by atoms with Crippen LogP contribution in [-0.4, -0.2) is 76.6 Å². The van der Waals surface area contributed by atoms with Crippen molar-refractivity contribution in [2.24, 2.45) is 5.92 Å². The fourth-order valence-electron chi connectivity index (χ4n) is 4.16. The molecule has 220 valence electrons. The lowest BCUT2D eigenvalue weighted by molar-refractivity contribution is -0.274. The summed E-state index contributed by atoms with van der Waals surface area (Å²) < 4.78 is 70.3. The van der Waals surface area contributed by atoms with Gasteiger partial charge in [0.05, 0.1) is 24.0 Å². The van der Waals surface area contributed by atoms with Crippen molar-refractivity contribution < 1.29 is 40.7 Å². The smallest absolute Gasteiger partial charge is 0.406 e. The number of halogens is 3. The number of alkyl halides is 3. The Morgan fingerprint density at radius 3 is 2.15 bits per heavy atom. The maximum absolute atomic E-state index is 13.6. The lowest BCUT2D eigenvalue weighted by Gasteiger charge is -2.30. The van der Waals surface area contributed by atoms with Gasteiger partial charge in [0, 0.05) is 44.0 Å². The van der Waals surface area contributed by atoms with Crippen LogP contribution in [0.2, 0.25) is 0 Å². The van der Waals surface area contributed by atoms with E-state index in [1.54, 1.807) is 17.0 Å². The monoisotopic (exact) mass is 585 g/mol. The van der Waals surface area contributed by atoms with Crippen LogP contribution in [0.4, 0.5) is 18.9 Å². The van der Waals surface area contributed by atoms with Gasteiger partial charge in [-0.15, -0.1) is 13.2 Å². The first kappa shape index (κ1) is 31.2. The van der Waals surface area contributed by atoms with Crippen LogP contribution < -0.4 is 15.4 Å². The van der Waals surface area contributed by atoms with Crippen LogP contribution in [0.5, 0.6) is 5.75 Å². The molecule has 2 atom stereocenters. The lowest BCUT2D eigenvalue weighted by Crippen LogP contribution is -2.47. The Balaban J connectivity index is 1.74. The highest BCUT2D eigenvalue weighted by Gasteiger charge is 2.31. The highest BCUT2D eigenvalue weighted by molar-refractivity contribution is 7.90. The van der Waals surface area contributed by atoms with Gasteiger partial charge in [0.2, 0.25) is 11.8 Å². The number of ether oxygens (including phenoxy) is 2. The summed E-state index contributed by atoms with van der Waals surface area (Å²) in [6, 6.07) is 10.8. The number of nitrogens with one attached hydrogen (secondary N) is 2. The van der Waals surface area contributed by atoms with Crippen LogP contribution in [0, 0.1) is 5.92 Å². The van der Waals surface area contributed by atoms with Gasteiger partial charge in [0.15, 0.2) is 9.84 Å². The molecule has 0 spiro atoms. The summed E-state index contributed by atoms with van der Waals surface area (Å²) in [5.41, 5.74) is 1.03. The van der Waals surface area contributed by atoms with Crippen molar-refractivity contribution in [2.75, 3.05) is 44.4 Å². The molecule has 9 nitrogen and oxygen atoms in total. The van der Waals surface area contributed by atoms with Crippen molar-refractivity contribution in [3.63, 3.8) is 0 Å². The van der Waals surface area contributed by atoms with Crippen molar-refractivity contribution >= 4 is 27.3 Å². The summed E-state index contributed by atoms with van der Waals surface area (Å²) in [4.78, 5) is 28.4. The summed E-state index contributed by atoms with van der Waals surface area (Å²) in [6.07, 6.45) is -3.80. The summed E-state index contributed by atoms with van der Waals surface area (Å²) in [5.74, 6) is -1.86. The third-order valence-corrected chi connectivity index (χ3v) is 7.64. The van der Waals surface area contributed by atoms with E-state index in [-0.39, 0.29) is 35.4 Å². The molecule has 3 rings (SSSR count). The number of carbonyl (C=O) groups excluding carboxylic acids is 2. The predicted molar refractivity (Wildman–Crippen MR) is 143 cm³/mol. The molecule has 0 radical (unpaired) electrons. The first-order chi connectivity index (χ1) is 18.7. The highest BCUT2D eigenvalue weighted by Crippen LogP contribution is 2.26. The van der Waals surface area contributed by atoms with E-state index in [1.807, 2.05) is 13.8 Å². The first-order valence-electron chi connectivity index (χ1n) is 12.8. The van der Waals surface area contributed by atoms with E-state index >= 15 is 0 Å². The number of anilines is 1. The van der Waals surface area contributed by atoms with E-state index in [9.17, 15) is 31.2 Å². The minimum Gasteiger partial charge on any atom is -0.406 e. The Labute approximate surface area is 231 Å². The molecule has 40 heavy (non-hydrogen) atoms. The average Bonchev–Trinajstić information content (AvgIpc) is 2.89. The summed E-state index contributed by atoms with van der Waals surface area (Å²) >= 11 is 0. The number of carbonyl (C=O) groups is 2. The molecule has 1 aliphatic heterocycles. The second kappa shape index (κ2) is 13.4. The molecule has 2 amide bonds. The Morgan fingerprint density at radius 1 is 1.02 bits per heavy atom. The van der Waals surface area contributed by atoms with Crippen molar-refractivity contribution in [1.82, 2.24) is 10.2 Å². The van der Waals surface area contributed by atoms with Gasteiger partial charge < -0.3 is 25.0 Å². The highest BCUT2D eigenvalue weighted by atomic mass is 32.2. The third kappa shape index (κ3) is 9.40. The SMILES string of the molecule is CC(C)[C@@H](CNc1ccc(OC(F)(F)F)cc1)NC(=O)[C@@H](CC(=O)N1CCOCC1)c1ccc(S(C)(=O)=O)cc1. The number of amides is 2. The van der Waals surface area contributed by atoms with Gasteiger partial charge in [0.25, 0.3) is 0 Å². The Kier molecular flexibility index (Phi) is 10.4. The van der Waals surface area contributed by atoms with Gasteiger partial charge in [-0.3, -0.25) is 9.59 Å². The van der Waals surface area contributed by atoms with Gasteiger partial charge in [-0.1, -0.05) is 26.0 Å². The van der Waals surface area contributed by atoms with Crippen molar-refractivity contribution in [2.45, 2.75) is 43.5 Å². The van der Waals surface area contributed by atoms with E-state index < -0.39 is 34.1 Å². The van der Waals surface area contributed by atoms with Gasteiger partial charge in [-0.2, -0.15) is 0 Å². The fourth-order valence-corrected chi connectivity index (χ4v) is 4.80. The molecular weight excluding hydrogens is 551 g/mol. The zero-order chi connectivity index (χ0) is 29.5. The molecule has 13 heteroatoms. The minimum atomic E-state index is -4.78. The van der Waals surface area contributed by atoms with Crippen LogP contribution >= 0.6 is 0 Å². The standard InChI is InChI=1S/C27H34F3N3O6S/c1-18(2)24(17-31-20-6-8-21(9-7-20)39-27(28,29)30)32-26(35)23(16-25(34)33-12-14-38-15-13-33)19-4-10-22(11-5-19)40(3,36)37/h4-11,18,23-24,31H,12-17H2,1-3H3,(H,32,35)/t23-,24+/m0/s1. The predicted octanol–water partition coefficient (Wildman–Crippen LogP) is 3.57. The molecular formula is C27H34F3N3O6S. The molecule has 1 saturated heterocycles. The molecule has 2 N–H and O–H groups in total. The minimum absolute atomic E-state index is 0.0347. The van der Waals surface area contributed by atoms with Crippen LogP contribution in [0.1, 0.15) is 31.7 Å². The number of morpholine rings is 1. The fraction of sp³-hybridized carbons (Fsp3) is 0.481. The third-order valence-electron chi connectivity index (χ3n) is 6.52. The largest absolute Gasteiger partial charge is 0.573 e. The molecule has 1 heterocycles. The van der Waals surface area contributed by atoms with E-state index in [2.05, 4.69) is 15.4 Å². The molecule has 0 aromatic heterocycles. The van der Waals surface area contributed by atoms with Gasteiger partial charge in [-0.25, -0.2) is 8.42 Å². The number of rotatable bonds is 11.